The molecule has 0 fully saturated rings. The Morgan fingerprint density at radius 3 is 2.88 bits per heavy atom. The highest BCUT2D eigenvalue weighted by Crippen LogP contribution is 2.15. The van der Waals surface area contributed by atoms with Crippen molar-refractivity contribution in [2.75, 3.05) is 0 Å². The van der Waals surface area contributed by atoms with Crippen molar-refractivity contribution in [3.05, 3.63) is 60.3 Å². The molecule has 1 aliphatic carbocycles. The van der Waals surface area contributed by atoms with Crippen LogP contribution in [0.5, 0.6) is 0 Å². The van der Waals surface area contributed by atoms with Crippen molar-refractivity contribution in [2.24, 2.45) is 0 Å². The lowest BCUT2D eigenvalue weighted by molar-refractivity contribution is 0.218. The maximum absolute atomic E-state index is 9.21. The van der Waals surface area contributed by atoms with Gasteiger partial charge in [0.15, 0.2) is 0 Å². The Labute approximate surface area is 95.4 Å². The van der Waals surface area contributed by atoms with Gasteiger partial charge in [-0.25, -0.2) is 0 Å². The molecular weight excluding hydrogens is 204 g/mol. The van der Waals surface area contributed by atoms with Crippen LogP contribution in [-0.4, -0.2) is 16.3 Å². The van der Waals surface area contributed by atoms with Crippen molar-refractivity contribution in [3.8, 4) is 0 Å². The lowest BCUT2D eigenvalue weighted by Crippen LogP contribution is -2.05. The topological polar surface area (TPSA) is 49.7 Å². The predicted molar refractivity (Wildman–Crippen MR) is 63.6 cm³/mol. The second-order valence-electron chi connectivity index (χ2n) is 3.44. The Bertz CT molecular complexity index is 373. The van der Waals surface area contributed by atoms with Gasteiger partial charge in [-0.15, -0.1) is 0 Å². The molecule has 1 aliphatic rings. The van der Waals surface area contributed by atoms with Crippen LogP contribution < -0.4 is 0 Å². The fourth-order valence-corrected chi connectivity index (χ4v) is 1.16. The van der Waals surface area contributed by atoms with Gasteiger partial charge < -0.3 is 14.9 Å². The molecular formula is C13H16O3. The van der Waals surface area contributed by atoms with Crippen LogP contribution in [0.1, 0.15) is 13.3 Å². The molecule has 0 amide bonds. The van der Waals surface area contributed by atoms with Gasteiger partial charge in [0, 0.05) is 0 Å². The molecule has 1 atom stereocenters. The molecule has 1 rings (SSSR count). The average molecular weight is 220 g/mol. The van der Waals surface area contributed by atoms with Crippen molar-refractivity contribution in [1.82, 2.24) is 0 Å². The van der Waals surface area contributed by atoms with E-state index in [1.807, 2.05) is 6.08 Å². The zero-order valence-corrected chi connectivity index (χ0v) is 9.26. The van der Waals surface area contributed by atoms with Gasteiger partial charge in [-0.2, -0.15) is 0 Å². The molecule has 0 aromatic carbocycles. The van der Waals surface area contributed by atoms with Crippen LogP contribution in [-0.2, 0) is 4.74 Å². The summed E-state index contributed by atoms with van der Waals surface area (Å²) in [5.41, 5.74) is 0. The minimum atomic E-state index is -0.415. The lowest BCUT2D eigenvalue weighted by Gasteiger charge is -2.12. The number of aliphatic hydroxyl groups excluding tert-OH is 2. The zero-order chi connectivity index (χ0) is 12.0. The van der Waals surface area contributed by atoms with E-state index in [0.29, 0.717) is 17.9 Å². The number of ether oxygens (including phenoxy) is 1. The predicted octanol–water partition coefficient (Wildman–Crippen LogP) is 2.74. The Kier molecular flexibility index (Phi) is 4.61. The summed E-state index contributed by atoms with van der Waals surface area (Å²) in [6.07, 6.45) is 9.87. The highest BCUT2D eigenvalue weighted by atomic mass is 16.5. The molecule has 3 heteroatoms. The second kappa shape index (κ2) is 5.98. The number of aliphatic hydroxyl groups is 2. The zero-order valence-electron chi connectivity index (χ0n) is 9.26. The van der Waals surface area contributed by atoms with Crippen LogP contribution in [0.2, 0.25) is 0 Å². The first kappa shape index (κ1) is 12.3. The molecule has 0 aliphatic heterocycles. The summed E-state index contributed by atoms with van der Waals surface area (Å²) in [7, 11) is 0. The Hall–Kier alpha value is -1.74. The number of hydrogen-bond acceptors (Lipinski definition) is 3. The first-order valence-electron chi connectivity index (χ1n) is 5.06. The number of hydrogen-bond donors (Lipinski definition) is 2. The summed E-state index contributed by atoms with van der Waals surface area (Å²) in [5.74, 6) is 1.44. The summed E-state index contributed by atoms with van der Waals surface area (Å²) < 4.78 is 5.47. The van der Waals surface area contributed by atoms with Crippen molar-refractivity contribution >= 4 is 0 Å². The standard InChI is InChI=1S/C13H16O3/c1-3-11(14)5-4-10(2)16-13-8-6-12(15)7-9-13/h3-6,8-9,12,14-15H,1,7H2,2H3/b10-4+,11-5+. The maximum Gasteiger partial charge on any atom is 0.122 e. The fraction of sp³-hybridized carbons (Fsp3) is 0.231. The van der Waals surface area contributed by atoms with Crippen LogP contribution in [0.3, 0.4) is 0 Å². The quantitative estimate of drug-likeness (QED) is 0.565. The molecule has 0 saturated carbocycles. The summed E-state index contributed by atoms with van der Waals surface area (Å²) in [4.78, 5) is 0. The Morgan fingerprint density at radius 1 is 1.56 bits per heavy atom. The largest absolute Gasteiger partial charge is 0.508 e. The van der Waals surface area contributed by atoms with Crippen molar-refractivity contribution in [3.63, 3.8) is 0 Å². The summed E-state index contributed by atoms with van der Waals surface area (Å²) >= 11 is 0. The molecule has 3 nitrogen and oxygen atoms in total. The molecule has 0 aromatic heterocycles. The molecule has 86 valence electrons. The van der Waals surface area contributed by atoms with Gasteiger partial charge in [0.1, 0.15) is 17.3 Å². The average Bonchev–Trinajstić information content (AvgIpc) is 2.29. The van der Waals surface area contributed by atoms with Gasteiger partial charge >= 0.3 is 0 Å². The molecule has 1 unspecified atom stereocenters. The minimum Gasteiger partial charge on any atom is -0.508 e. The van der Waals surface area contributed by atoms with E-state index < -0.39 is 6.10 Å². The fourth-order valence-electron chi connectivity index (χ4n) is 1.16. The third-order valence-electron chi connectivity index (χ3n) is 2.02. The molecule has 2 N–H and O–H groups in total. The smallest absolute Gasteiger partial charge is 0.122 e. The van der Waals surface area contributed by atoms with Gasteiger partial charge in [-0.05, 0) is 43.7 Å². The highest BCUT2D eigenvalue weighted by molar-refractivity contribution is 5.22. The highest BCUT2D eigenvalue weighted by Gasteiger charge is 2.05. The van der Waals surface area contributed by atoms with E-state index in [0.717, 1.165) is 0 Å². The van der Waals surface area contributed by atoms with E-state index in [4.69, 9.17) is 9.84 Å². The monoisotopic (exact) mass is 220 g/mol. The second-order valence-corrected chi connectivity index (χ2v) is 3.44. The Balaban J connectivity index is 2.55. The number of rotatable bonds is 4. The van der Waals surface area contributed by atoms with Crippen LogP contribution >= 0.6 is 0 Å². The Morgan fingerprint density at radius 2 is 2.31 bits per heavy atom. The molecule has 0 radical (unpaired) electrons. The van der Waals surface area contributed by atoms with Crippen molar-refractivity contribution in [2.45, 2.75) is 19.4 Å². The summed E-state index contributed by atoms with van der Waals surface area (Å²) in [6, 6.07) is 0. The molecule has 0 heterocycles. The van der Waals surface area contributed by atoms with Gasteiger partial charge in [0.2, 0.25) is 0 Å². The van der Waals surface area contributed by atoms with E-state index in [-0.39, 0.29) is 5.76 Å². The number of allylic oxidation sites excluding steroid dienone is 5. The first-order valence-corrected chi connectivity index (χ1v) is 5.06. The van der Waals surface area contributed by atoms with Crippen LogP contribution in [0.4, 0.5) is 0 Å². The van der Waals surface area contributed by atoms with Gasteiger partial charge in [-0.1, -0.05) is 12.7 Å². The summed E-state index contributed by atoms with van der Waals surface area (Å²) in [5, 5.41) is 18.3. The van der Waals surface area contributed by atoms with Gasteiger partial charge in [-0.3, -0.25) is 0 Å². The van der Waals surface area contributed by atoms with Crippen LogP contribution in [0.25, 0.3) is 0 Å². The van der Waals surface area contributed by atoms with E-state index in [9.17, 15) is 5.11 Å². The van der Waals surface area contributed by atoms with E-state index >= 15 is 0 Å². The molecule has 0 aromatic rings. The maximum atomic E-state index is 9.21. The third kappa shape index (κ3) is 4.19. The molecule has 0 spiro atoms. The van der Waals surface area contributed by atoms with Gasteiger partial charge in [0.25, 0.3) is 0 Å². The lowest BCUT2D eigenvalue weighted by atomic mass is 10.1. The third-order valence-corrected chi connectivity index (χ3v) is 2.02. The molecule has 0 bridgehead atoms. The van der Waals surface area contributed by atoms with Crippen molar-refractivity contribution in [1.29, 1.82) is 0 Å². The van der Waals surface area contributed by atoms with E-state index in [1.54, 1.807) is 25.2 Å². The normalized spacial score (nSPS) is 21.6. The summed E-state index contributed by atoms with van der Waals surface area (Å²) in [6.45, 7) is 5.21. The van der Waals surface area contributed by atoms with Gasteiger partial charge in [0.05, 0.1) is 6.10 Å². The van der Waals surface area contributed by atoms with Crippen LogP contribution in [0.15, 0.2) is 60.3 Å². The minimum absolute atomic E-state index is 0.0894. The first-order chi connectivity index (χ1) is 7.61. The molecule has 0 saturated heterocycles. The van der Waals surface area contributed by atoms with Crippen molar-refractivity contribution < 1.29 is 14.9 Å². The molecule has 16 heavy (non-hydrogen) atoms. The SMILES string of the molecule is C=C/C(O)=C\C=C(/C)OC1=CCC(O)C=C1. The van der Waals surface area contributed by atoms with E-state index in [2.05, 4.69) is 6.58 Å². The van der Waals surface area contributed by atoms with Crippen LogP contribution in [0, 0.1) is 0 Å². The van der Waals surface area contributed by atoms with E-state index in [1.165, 1.54) is 12.2 Å².